The summed E-state index contributed by atoms with van der Waals surface area (Å²) >= 11 is 0. The lowest BCUT2D eigenvalue weighted by molar-refractivity contribution is 0.478. The van der Waals surface area contributed by atoms with Crippen LogP contribution >= 0.6 is 0 Å². The molecule has 100 valence electrons. The number of rotatable bonds is 4. The maximum atomic E-state index is 2.29. The van der Waals surface area contributed by atoms with E-state index in [0.717, 1.165) is 0 Å². The highest BCUT2D eigenvalue weighted by atomic mass is 15.4. The Bertz CT molecular complexity index is 458. The predicted molar refractivity (Wildman–Crippen MR) is 83.8 cm³/mol. The second-order valence-electron chi connectivity index (χ2n) is 5.28. The van der Waals surface area contributed by atoms with Crippen molar-refractivity contribution in [2.24, 2.45) is 0 Å². The van der Waals surface area contributed by atoms with E-state index in [1.54, 1.807) is 0 Å². The molecule has 2 aromatic rings. The van der Waals surface area contributed by atoms with Crippen molar-refractivity contribution in [1.29, 1.82) is 0 Å². The highest BCUT2D eigenvalue weighted by Crippen LogP contribution is 2.28. The first kappa shape index (κ1) is 13.5. The fourth-order valence-corrected chi connectivity index (χ4v) is 2.16. The van der Waals surface area contributed by atoms with E-state index >= 15 is 0 Å². The Hall–Kier alpha value is -1.96. The molecule has 0 spiro atoms. The van der Waals surface area contributed by atoms with E-state index < -0.39 is 0 Å². The van der Waals surface area contributed by atoms with E-state index in [0.29, 0.717) is 0 Å². The van der Waals surface area contributed by atoms with Gasteiger partial charge in [0.05, 0.1) is 0 Å². The molecule has 0 N–H and O–H groups in total. The monoisotopic (exact) mass is 254 g/mol. The van der Waals surface area contributed by atoms with E-state index in [-0.39, 0.29) is 5.66 Å². The lowest BCUT2D eigenvalue weighted by Gasteiger charge is -2.45. The van der Waals surface area contributed by atoms with Crippen molar-refractivity contribution in [3.8, 4) is 0 Å². The van der Waals surface area contributed by atoms with Crippen LogP contribution in [0.3, 0.4) is 0 Å². The molecule has 0 radical (unpaired) electrons. The van der Waals surface area contributed by atoms with Crippen molar-refractivity contribution in [2.75, 3.05) is 23.9 Å². The number of benzene rings is 2. The van der Waals surface area contributed by atoms with Crippen LogP contribution in [-0.2, 0) is 0 Å². The smallest absolute Gasteiger partial charge is 0.106 e. The van der Waals surface area contributed by atoms with Gasteiger partial charge in [-0.1, -0.05) is 36.4 Å². The van der Waals surface area contributed by atoms with Crippen LogP contribution < -0.4 is 9.80 Å². The lowest BCUT2D eigenvalue weighted by atomic mass is 10.1. The molecule has 0 aliphatic carbocycles. The Morgan fingerprint density at radius 3 is 1.26 bits per heavy atom. The van der Waals surface area contributed by atoms with Gasteiger partial charge in [0.25, 0.3) is 0 Å². The summed E-state index contributed by atoms with van der Waals surface area (Å²) in [5, 5.41) is 0. The molecule has 0 amide bonds. The van der Waals surface area contributed by atoms with Gasteiger partial charge in [-0.25, -0.2) is 0 Å². The first-order valence-electron chi connectivity index (χ1n) is 6.61. The lowest BCUT2D eigenvalue weighted by Crippen LogP contribution is -2.54. The molecule has 0 fully saturated rings. The number of anilines is 2. The van der Waals surface area contributed by atoms with Crippen molar-refractivity contribution >= 4 is 11.4 Å². The summed E-state index contributed by atoms with van der Waals surface area (Å²) in [6.45, 7) is 4.46. The van der Waals surface area contributed by atoms with Gasteiger partial charge in [-0.2, -0.15) is 0 Å². The van der Waals surface area contributed by atoms with Crippen molar-refractivity contribution in [2.45, 2.75) is 19.5 Å². The quantitative estimate of drug-likeness (QED) is 0.761. The average Bonchev–Trinajstić information content (AvgIpc) is 2.47. The molecule has 2 aromatic carbocycles. The van der Waals surface area contributed by atoms with Gasteiger partial charge in [0.1, 0.15) is 5.66 Å². The molecule has 19 heavy (non-hydrogen) atoms. The van der Waals surface area contributed by atoms with Gasteiger partial charge in [0.15, 0.2) is 0 Å². The number of para-hydroxylation sites is 2. The summed E-state index contributed by atoms with van der Waals surface area (Å²) < 4.78 is 0. The highest BCUT2D eigenvalue weighted by Gasteiger charge is 2.28. The molecular formula is C17H22N2. The minimum absolute atomic E-state index is 0.108. The molecule has 0 aliphatic heterocycles. The molecule has 0 unspecified atom stereocenters. The molecule has 0 aliphatic rings. The zero-order chi connectivity index (χ0) is 13.9. The maximum absolute atomic E-state index is 2.29. The summed E-state index contributed by atoms with van der Waals surface area (Å²) in [6, 6.07) is 20.9. The van der Waals surface area contributed by atoms with Crippen molar-refractivity contribution in [3.63, 3.8) is 0 Å². The van der Waals surface area contributed by atoms with Crippen LogP contribution in [-0.4, -0.2) is 19.8 Å². The molecular weight excluding hydrogens is 232 g/mol. The van der Waals surface area contributed by atoms with Crippen LogP contribution in [0.5, 0.6) is 0 Å². The topological polar surface area (TPSA) is 6.48 Å². The summed E-state index contributed by atoms with van der Waals surface area (Å²) in [7, 11) is 4.27. The van der Waals surface area contributed by atoms with Gasteiger partial charge >= 0.3 is 0 Å². The van der Waals surface area contributed by atoms with Crippen LogP contribution in [0.1, 0.15) is 13.8 Å². The number of nitrogens with zero attached hydrogens (tertiary/aromatic N) is 2. The first-order valence-corrected chi connectivity index (χ1v) is 6.61. The van der Waals surface area contributed by atoms with E-state index in [2.05, 4.69) is 86.3 Å². The normalized spacial score (nSPS) is 11.2. The fraction of sp³-hybridized carbons (Fsp3) is 0.294. The summed E-state index contributed by atoms with van der Waals surface area (Å²) in [5.74, 6) is 0. The Balaban J connectivity index is 2.27. The standard InChI is InChI=1S/C17H22N2/c1-17(2,18(3)15-11-7-5-8-12-15)19(4)16-13-9-6-10-14-16/h5-14H,1-4H3. The molecule has 0 saturated carbocycles. The van der Waals surface area contributed by atoms with Gasteiger partial charge < -0.3 is 9.80 Å². The highest BCUT2D eigenvalue weighted by molar-refractivity contribution is 5.54. The van der Waals surface area contributed by atoms with Gasteiger partial charge in [-0.05, 0) is 38.1 Å². The third-order valence-corrected chi connectivity index (χ3v) is 3.93. The Morgan fingerprint density at radius 2 is 0.947 bits per heavy atom. The minimum atomic E-state index is -0.108. The SMILES string of the molecule is CN(c1ccccc1)C(C)(C)N(C)c1ccccc1. The van der Waals surface area contributed by atoms with Gasteiger partial charge in [0, 0.05) is 25.5 Å². The van der Waals surface area contributed by atoms with E-state index in [9.17, 15) is 0 Å². The maximum Gasteiger partial charge on any atom is 0.106 e. The zero-order valence-electron chi connectivity index (χ0n) is 12.2. The van der Waals surface area contributed by atoms with E-state index in [4.69, 9.17) is 0 Å². The molecule has 0 atom stereocenters. The predicted octanol–water partition coefficient (Wildman–Crippen LogP) is 4.00. The largest absolute Gasteiger partial charge is 0.352 e. The van der Waals surface area contributed by atoms with Crippen molar-refractivity contribution in [1.82, 2.24) is 0 Å². The molecule has 2 rings (SSSR count). The van der Waals surface area contributed by atoms with E-state index in [1.807, 2.05) is 12.1 Å². The molecule has 0 aromatic heterocycles. The Labute approximate surface area is 116 Å². The molecule has 0 saturated heterocycles. The van der Waals surface area contributed by atoms with Crippen LogP contribution in [0.15, 0.2) is 60.7 Å². The minimum Gasteiger partial charge on any atom is -0.352 e. The molecule has 0 heterocycles. The molecule has 2 heteroatoms. The van der Waals surface area contributed by atoms with Crippen LogP contribution in [0.2, 0.25) is 0 Å². The Kier molecular flexibility index (Phi) is 3.79. The van der Waals surface area contributed by atoms with Crippen molar-refractivity contribution in [3.05, 3.63) is 60.7 Å². The van der Waals surface area contributed by atoms with Gasteiger partial charge in [-0.15, -0.1) is 0 Å². The zero-order valence-corrected chi connectivity index (χ0v) is 12.2. The summed E-state index contributed by atoms with van der Waals surface area (Å²) in [4.78, 5) is 4.58. The van der Waals surface area contributed by atoms with Crippen LogP contribution in [0.25, 0.3) is 0 Å². The van der Waals surface area contributed by atoms with E-state index in [1.165, 1.54) is 11.4 Å². The Morgan fingerprint density at radius 1 is 0.632 bits per heavy atom. The van der Waals surface area contributed by atoms with Crippen LogP contribution in [0, 0.1) is 0 Å². The first-order chi connectivity index (χ1) is 9.03. The summed E-state index contributed by atoms with van der Waals surface area (Å²) in [5.41, 5.74) is 2.33. The summed E-state index contributed by atoms with van der Waals surface area (Å²) in [6.07, 6.45) is 0. The van der Waals surface area contributed by atoms with Gasteiger partial charge in [0.2, 0.25) is 0 Å². The second-order valence-corrected chi connectivity index (χ2v) is 5.28. The third kappa shape index (κ3) is 2.73. The molecule has 0 bridgehead atoms. The van der Waals surface area contributed by atoms with Crippen molar-refractivity contribution < 1.29 is 0 Å². The third-order valence-electron chi connectivity index (χ3n) is 3.93. The number of hydrogen-bond acceptors (Lipinski definition) is 2. The van der Waals surface area contributed by atoms with Gasteiger partial charge in [-0.3, -0.25) is 0 Å². The molecule has 2 nitrogen and oxygen atoms in total. The average molecular weight is 254 g/mol. The second kappa shape index (κ2) is 5.35. The van der Waals surface area contributed by atoms with Crippen LogP contribution in [0.4, 0.5) is 11.4 Å². The fourth-order valence-electron chi connectivity index (χ4n) is 2.16. The number of hydrogen-bond donors (Lipinski definition) is 0.